The summed E-state index contributed by atoms with van der Waals surface area (Å²) in [4.78, 5) is 0. The zero-order valence-electron chi connectivity index (χ0n) is 12.2. The fraction of sp³-hybridized carbons (Fsp3) is 0.533. The third-order valence-corrected chi connectivity index (χ3v) is 5.38. The maximum absolute atomic E-state index is 5.96. The molecule has 2 aromatic rings. The van der Waals surface area contributed by atoms with Crippen LogP contribution in [0.4, 0.5) is 5.69 Å². The zero-order chi connectivity index (χ0) is 14.8. The molecule has 1 aromatic carbocycles. The Balaban J connectivity index is 1.88. The molecule has 1 aliphatic carbocycles. The predicted molar refractivity (Wildman–Crippen MR) is 86.5 cm³/mol. The van der Waals surface area contributed by atoms with Crippen molar-refractivity contribution in [2.45, 2.75) is 39.2 Å². The third-order valence-electron chi connectivity index (χ3n) is 4.50. The fourth-order valence-corrected chi connectivity index (χ4v) is 3.57. The summed E-state index contributed by atoms with van der Waals surface area (Å²) in [6.45, 7) is 3.22. The molecule has 1 aromatic heterocycles. The van der Waals surface area contributed by atoms with Crippen LogP contribution in [0.2, 0.25) is 0 Å². The summed E-state index contributed by atoms with van der Waals surface area (Å²) in [5.41, 5.74) is 7.61. The molecule has 2 atom stereocenters. The zero-order valence-corrected chi connectivity index (χ0v) is 13.8. The summed E-state index contributed by atoms with van der Waals surface area (Å²) in [5, 5.41) is 12.2. The largest absolute Gasteiger partial charge is 0.398 e. The monoisotopic (exact) mass is 349 g/mol. The Hall–Kier alpha value is -1.43. The highest BCUT2D eigenvalue weighted by Crippen LogP contribution is 2.34. The SMILES string of the molecule is CC1CCCCC1Cn1nnnc1-c1cccc(N)c1Br. The van der Waals surface area contributed by atoms with Crippen molar-refractivity contribution in [3.8, 4) is 11.4 Å². The van der Waals surface area contributed by atoms with Crippen LogP contribution in [-0.4, -0.2) is 20.2 Å². The first kappa shape index (κ1) is 14.5. The standard InChI is InChI=1S/C15H20BrN5/c1-10-5-2-3-6-11(10)9-21-15(18-19-20-21)12-7-4-8-13(17)14(12)16/h4,7-8,10-11H,2-3,5-6,9,17H2,1H3. The predicted octanol–water partition coefficient (Wildman–Crippen LogP) is 3.51. The molecule has 2 unspecified atom stereocenters. The first-order valence-electron chi connectivity index (χ1n) is 7.47. The van der Waals surface area contributed by atoms with Gasteiger partial charge in [-0.15, -0.1) is 5.10 Å². The fourth-order valence-electron chi connectivity index (χ4n) is 3.13. The van der Waals surface area contributed by atoms with Gasteiger partial charge in [-0.05, 0) is 56.7 Å². The smallest absolute Gasteiger partial charge is 0.183 e. The molecule has 112 valence electrons. The molecular formula is C15H20BrN5. The van der Waals surface area contributed by atoms with Crippen LogP contribution in [-0.2, 0) is 6.54 Å². The van der Waals surface area contributed by atoms with E-state index in [0.29, 0.717) is 11.6 Å². The van der Waals surface area contributed by atoms with Crippen LogP contribution in [0.25, 0.3) is 11.4 Å². The molecule has 1 heterocycles. The van der Waals surface area contributed by atoms with Gasteiger partial charge in [-0.3, -0.25) is 0 Å². The number of halogens is 1. The molecule has 1 aliphatic rings. The van der Waals surface area contributed by atoms with E-state index in [9.17, 15) is 0 Å². The van der Waals surface area contributed by atoms with E-state index in [2.05, 4.69) is 38.4 Å². The Kier molecular flexibility index (Phi) is 4.24. The topological polar surface area (TPSA) is 69.6 Å². The maximum atomic E-state index is 5.96. The highest BCUT2D eigenvalue weighted by molar-refractivity contribution is 9.10. The average molecular weight is 350 g/mol. The second kappa shape index (κ2) is 6.13. The lowest BCUT2D eigenvalue weighted by Crippen LogP contribution is -2.23. The number of tetrazole rings is 1. The number of anilines is 1. The minimum atomic E-state index is 0.654. The van der Waals surface area contributed by atoms with Crippen molar-refractivity contribution in [3.63, 3.8) is 0 Å². The number of aromatic nitrogens is 4. The normalized spacial score (nSPS) is 22.4. The second-order valence-electron chi connectivity index (χ2n) is 5.92. The Bertz CT molecular complexity index is 624. The van der Waals surface area contributed by atoms with Gasteiger partial charge in [0.25, 0.3) is 0 Å². The van der Waals surface area contributed by atoms with Gasteiger partial charge in [0.15, 0.2) is 5.82 Å². The molecule has 3 rings (SSSR count). The molecule has 0 amide bonds. The number of hydrogen-bond donors (Lipinski definition) is 1. The van der Waals surface area contributed by atoms with Gasteiger partial charge in [0, 0.05) is 17.8 Å². The van der Waals surface area contributed by atoms with Gasteiger partial charge < -0.3 is 5.73 Å². The van der Waals surface area contributed by atoms with E-state index in [1.807, 2.05) is 22.9 Å². The lowest BCUT2D eigenvalue weighted by atomic mass is 9.80. The Labute approximate surface area is 133 Å². The van der Waals surface area contributed by atoms with Crippen LogP contribution in [0.3, 0.4) is 0 Å². The molecule has 0 aliphatic heterocycles. The van der Waals surface area contributed by atoms with Crippen molar-refractivity contribution in [3.05, 3.63) is 22.7 Å². The highest BCUT2D eigenvalue weighted by atomic mass is 79.9. The van der Waals surface area contributed by atoms with E-state index >= 15 is 0 Å². The van der Waals surface area contributed by atoms with Gasteiger partial charge >= 0.3 is 0 Å². The van der Waals surface area contributed by atoms with Gasteiger partial charge in [-0.2, -0.15) is 0 Å². The number of nitrogens with two attached hydrogens (primary N) is 1. The molecule has 0 radical (unpaired) electrons. The van der Waals surface area contributed by atoms with Crippen LogP contribution >= 0.6 is 15.9 Å². The van der Waals surface area contributed by atoms with Crippen LogP contribution in [0.1, 0.15) is 32.6 Å². The minimum absolute atomic E-state index is 0.654. The third kappa shape index (κ3) is 2.95. The van der Waals surface area contributed by atoms with E-state index in [1.54, 1.807) is 0 Å². The highest BCUT2D eigenvalue weighted by Gasteiger charge is 2.24. The molecule has 1 saturated carbocycles. The summed E-state index contributed by atoms with van der Waals surface area (Å²) >= 11 is 3.54. The minimum Gasteiger partial charge on any atom is -0.398 e. The molecule has 0 spiro atoms. The van der Waals surface area contributed by atoms with Crippen LogP contribution in [0, 0.1) is 11.8 Å². The summed E-state index contributed by atoms with van der Waals surface area (Å²) < 4.78 is 2.78. The lowest BCUT2D eigenvalue weighted by Gasteiger charge is -2.28. The van der Waals surface area contributed by atoms with E-state index in [0.717, 1.165) is 28.3 Å². The van der Waals surface area contributed by atoms with E-state index < -0.39 is 0 Å². The van der Waals surface area contributed by atoms with Crippen molar-refractivity contribution < 1.29 is 0 Å². The Morgan fingerprint density at radius 2 is 2.14 bits per heavy atom. The first-order chi connectivity index (χ1) is 10.2. The van der Waals surface area contributed by atoms with E-state index in [-0.39, 0.29) is 0 Å². The molecule has 2 N–H and O–H groups in total. The number of nitrogens with zero attached hydrogens (tertiary/aromatic N) is 4. The van der Waals surface area contributed by atoms with E-state index in [4.69, 9.17) is 5.73 Å². The van der Waals surface area contributed by atoms with Gasteiger partial charge in [-0.25, -0.2) is 4.68 Å². The van der Waals surface area contributed by atoms with Crippen molar-refractivity contribution in [2.75, 3.05) is 5.73 Å². The van der Waals surface area contributed by atoms with Gasteiger partial charge in [0.2, 0.25) is 0 Å². The Morgan fingerprint density at radius 1 is 1.33 bits per heavy atom. The Morgan fingerprint density at radius 3 is 2.95 bits per heavy atom. The number of rotatable bonds is 3. The molecule has 6 heteroatoms. The van der Waals surface area contributed by atoms with Crippen molar-refractivity contribution in [1.82, 2.24) is 20.2 Å². The quantitative estimate of drug-likeness (QED) is 0.860. The maximum Gasteiger partial charge on any atom is 0.183 e. The van der Waals surface area contributed by atoms with Gasteiger partial charge in [0.05, 0.1) is 4.47 Å². The first-order valence-corrected chi connectivity index (χ1v) is 8.26. The number of benzene rings is 1. The molecule has 1 fully saturated rings. The summed E-state index contributed by atoms with van der Waals surface area (Å²) in [7, 11) is 0. The summed E-state index contributed by atoms with van der Waals surface area (Å²) in [6.07, 6.45) is 5.23. The molecule has 0 bridgehead atoms. The molecule has 0 saturated heterocycles. The van der Waals surface area contributed by atoms with Crippen molar-refractivity contribution in [1.29, 1.82) is 0 Å². The average Bonchev–Trinajstić information content (AvgIpc) is 2.92. The molecule has 5 nitrogen and oxygen atoms in total. The molecular weight excluding hydrogens is 330 g/mol. The summed E-state index contributed by atoms with van der Waals surface area (Å²) in [5.74, 6) is 2.17. The van der Waals surface area contributed by atoms with Crippen molar-refractivity contribution in [2.24, 2.45) is 11.8 Å². The van der Waals surface area contributed by atoms with Gasteiger partial charge in [-0.1, -0.05) is 32.3 Å². The van der Waals surface area contributed by atoms with E-state index in [1.165, 1.54) is 25.7 Å². The second-order valence-corrected chi connectivity index (χ2v) is 6.71. The van der Waals surface area contributed by atoms with Crippen LogP contribution in [0.5, 0.6) is 0 Å². The van der Waals surface area contributed by atoms with Crippen LogP contribution < -0.4 is 5.73 Å². The number of hydrogen-bond acceptors (Lipinski definition) is 4. The lowest BCUT2D eigenvalue weighted by molar-refractivity contribution is 0.221. The van der Waals surface area contributed by atoms with Crippen LogP contribution in [0.15, 0.2) is 22.7 Å². The molecule has 21 heavy (non-hydrogen) atoms. The van der Waals surface area contributed by atoms with Gasteiger partial charge in [0.1, 0.15) is 0 Å². The summed E-state index contributed by atoms with van der Waals surface area (Å²) in [6, 6.07) is 5.79. The van der Waals surface area contributed by atoms with Crippen molar-refractivity contribution >= 4 is 21.6 Å². The number of nitrogen functional groups attached to an aromatic ring is 1.